The third-order valence-electron chi connectivity index (χ3n) is 3.35. The Hall–Kier alpha value is -1.29. The largest absolute Gasteiger partial charge is 0.496 e. The number of imidazole rings is 1. The van der Waals surface area contributed by atoms with Crippen molar-refractivity contribution in [2.45, 2.75) is 26.7 Å². The molecule has 0 spiro atoms. The molecule has 2 aromatic rings. The predicted octanol–water partition coefficient (Wildman–Crippen LogP) is 4.29. The highest BCUT2D eigenvalue weighted by Gasteiger charge is 2.16. The summed E-state index contributed by atoms with van der Waals surface area (Å²) >= 11 is 3.52. The van der Waals surface area contributed by atoms with E-state index in [1.807, 2.05) is 17.9 Å². The summed E-state index contributed by atoms with van der Waals surface area (Å²) in [5.41, 5.74) is 4.69. The highest BCUT2D eigenvalue weighted by molar-refractivity contribution is 9.10. The van der Waals surface area contributed by atoms with Crippen LogP contribution in [0.25, 0.3) is 11.3 Å². The van der Waals surface area contributed by atoms with Gasteiger partial charge in [-0.25, -0.2) is 4.98 Å². The first-order valence-electron chi connectivity index (χ1n) is 6.31. The van der Waals surface area contributed by atoms with Crippen molar-refractivity contribution < 1.29 is 4.74 Å². The van der Waals surface area contributed by atoms with Crippen LogP contribution in [-0.2, 0) is 7.05 Å². The van der Waals surface area contributed by atoms with Crippen molar-refractivity contribution in [1.82, 2.24) is 9.55 Å². The standard InChI is InChI=1S/C15H19BrN2O/c1-9(2)11-7-12(10(3)6-13(11)19-5)14-15(16)17-8-18(14)4/h6-9H,1-5H3. The summed E-state index contributed by atoms with van der Waals surface area (Å²) < 4.78 is 8.39. The van der Waals surface area contributed by atoms with E-state index in [-0.39, 0.29) is 0 Å². The third-order valence-corrected chi connectivity index (χ3v) is 3.93. The minimum absolute atomic E-state index is 0.418. The number of methoxy groups -OCH3 is 1. The summed E-state index contributed by atoms with van der Waals surface area (Å²) in [7, 11) is 3.73. The Morgan fingerprint density at radius 3 is 2.47 bits per heavy atom. The molecule has 3 nitrogen and oxygen atoms in total. The monoisotopic (exact) mass is 322 g/mol. The summed E-state index contributed by atoms with van der Waals surface area (Å²) in [5.74, 6) is 1.37. The Balaban J connectivity index is 2.68. The molecule has 1 heterocycles. The molecule has 0 saturated carbocycles. The summed E-state index contributed by atoms with van der Waals surface area (Å²) in [6.45, 7) is 6.45. The van der Waals surface area contributed by atoms with Gasteiger partial charge in [0, 0.05) is 12.6 Å². The molecule has 0 atom stereocenters. The number of halogens is 1. The molecular formula is C15H19BrN2O. The Kier molecular flexibility index (Phi) is 3.99. The van der Waals surface area contributed by atoms with Gasteiger partial charge in [0.15, 0.2) is 0 Å². The van der Waals surface area contributed by atoms with E-state index in [9.17, 15) is 0 Å². The zero-order valence-corrected chi connectivity index (χ0v) is 13.6. The van der Waals surface area contributed by atoms with Crippen LogP contribution in [0.4, 0.5) is 0 Å². The van der Waals surface area contributed by atoms with E-state index in [1.165, 1.54) is 16.7 Å². The predicted molar refractivity (Wildman–Crippen MR) is 81.7 cm³/mol. The van der Waals surface area contributed by atoms with Crippen LogP contribution in [0.2, 0.25) is 0 Å². The lowest BCUT2D eigenvalue weighted by Gasteiger charge is -2.16. The highest BCUT2D eigenvalue weighted by atomic mass is 79.9. The molecule has 1 aromatic carbocycles. The lowest BCUT2D eigenvalue weighted by atomic mass is 9.95. The molecule has 19 heavy (non-hydrogen) atoms. The molecule has 0 aliphatic heterocycles. The van der Waals surface area contributed by atoms with Crippen LogP contribution >= 0.6 is 15.9 Å². The van der Waals surface area contributed by atoms with Crippen LogP contribution in [0.5, 0.6) is 5.75 Å². The Morgan fingerprint density at radius 2 is 2.00 bits per heavy atom. The smallest absolute Gasteiger partial charge is 0.132 e. The summed E-state index contributed by atoms with van der Waals surface area (Å²) in [4.78, 5) is 4.30. The van der Waals surface area contributed by atoms with Gasteiger partial charge in [0.2, 0.25) is 0 Å². The van der Waals surface area contributed by atoms with E-state index >= 15 is 0 Å². The van der Waals surface area contributed by atoms with Gasteiger partial charge in [-0.1, -0.05) is 13.8 Å². The molecule has 0 bridgehead atoms. The van der Waals surface area contributed by atoms with Crippen molar-refractivity contribution in [1.29, 1.82) is 0 Å². The van der Waals surface area contributed by atoms with Gasteiger partial charge >= 0.3 is 0 Å². The molecule has 2 rings (SSSR count). The van der Waals surface area contributed by atoms with Crippen molar-refractivity contribution in [3.05, 3.63) is 34.2 Å². The van der Waals surface area contributed by atoms with Crippen molar-refractivity contribution in [3.8, 4) is 17.0 Å². The number of benzene rings is 1. The second-order valence-electron chi connectivity index (χ2n) is 5.06. The van der Waals surface area contributed by atoms with E-state index in [1.54, 1.807) is 7.11 Å². The Labute approximate surface area is 122 Å². The number of nitrogens with zero attached hydrogens (tertiary/aromatic N) is 2. The second-order valence-corrected chi connectivity index (χ2v) is 5.81. The minimum atomic E-state index is 0.418. The minimum Gasteiger partial charge on any atom is -0.496 e. The first-order chi connectivity index (χ1) is 8.95. The van der Waals surface area contributed by atoms with Gasteiger partial charge in [-0.3, -0.25) is 0 Å². The number of hydrogen-bond donors (Lipinski definition) is 0. The number of ether oxygens (including phenoxy) is 1. The van der Waals surface area contributed by atoms with E-state index in [0.29, 0.717) is 5.92 Å². The number of hydrogen-bond acceptors (Lipinski definition) is 2. The maximum absolute atomic E-state index is 5.49. The average molecular weight is 323 g/mol. The molecule has 102 valence electrons. The lowest BCUT2D eigenvalue weighted by molar-refractivity contribution is 0.407. The highest BCUT2D eigenvalue weighted by Crippen LogP contribution is 2.36. The van der Waals surface area contributed by atoms with Crippen molar-refractivity contribution in [3.63, 3.8) is 0 Å². The van der Waals surface area contributed by atoms with Crippen LogP contribution in [-0.4, -0.2) is 16.7 Å². The molecule has 0 aliphatic carbocycles. The molecule has 1 aromatic heterocycles. The van der Waals surface area contributed by atoms with E-state index in [4.69, 9.17) is 4.74 Å². The van der Waals surface area contributed by atoms with Gasteiger partial charge in [-0.05, 0) is 52.0 Å². The van der Waals surface area contributed by atoms with Crippen LogP contribution in [0.15, 0.2) is 23.1 Å². The Morgan fingerprint density at radius 1 is 1.32 bits per heavy atom. The van der Waals surface area contributed by atoms with Crippen LogP contribution in [0.1, 0.15) is 30.9 Å². The van der Waals surface area contributed by atoms with Crippen LogP contribution in [0.3, 0.4) is 0 Å². The fraction of sp³-hybridized carbons (Fsp3) is 0.400. The summed E-state index contributed by atoms with van der Waals surface area (Å²) in [6.07, 6.45) is 1.82. The molecule has 0 radical (unpaired) electrons. The number of aromatic nitrogens is 2. The van der Waals surface area contributed by atoms with Gasteiger partial charge in [0.05, 0.1) is 19.1 Å². The first kappa shape index (κ1) is 14.1. The fourth-order valence-electron chi connectivity index (χ4n) is 2.28. The normalized spacial score (nSPS) is 11.1. The number of rotatable bonds is 3. The zero-order valence-electron chi connectivity index (χ0n) is 12.0. The van der Waals surface area contributed by atoms with E-state index in [0.717, 1.165) is 16.0 Å². The molecule has 0 saturated heterocycles. The van der Waals surface area contributed by atoms with Crippen molar-refractivity contribution in [2.75, 3.05) is 7.11 Å². The zero-order chi connectivity index (χ0) is 14.2. The van der Waals surface area contributed by atoms with E-state index < -0.39 is 0 Å². The quantitative estimate of drug-likeness (QED) is 0.842. The van der Waals surface area contributed by atoms with Crippen LogP contribution in [0, 0.1) is 6.92 Å². The van der Waals surface area contributed by atoms with Gasteiger partial charge in [-0.2, -0.15) is 0 Å². The summed E-state index contributed by atoms with van der Waals surface area (Å²) in [6, 6.07) is 4.31. The SMILES string of the molecule is COc1cc(C)c(-c2c(Br)ncn2C)cc1C(C)C. The molecule has 0 aliphatic rings. The van der Waals surface area contributed by atoms with E-state index in [2.05, 4.69) is 53.8 Å². The van der Waals surface area contributed by atoms with Crippen molar-refractivity contribution in [2.24, 2.45) is 7.05 Å². The molecule has 0 fully saturated rings. The molecular weight excluding hydrogens is 304 g/mol. The maximum atomic E-state index is 5.49. The molecule has 0 N–H and O–H groups in total. The number of aryl methyl sites for hydroxylation is 2. The third kappa shape index (κ3) is 2.54. The lowest BCUT2D eigenvalue weighted by Crippen LogP contribution is -1.99. The Bertz CT molecular complexity index is 583. The summed E-state index contributed by atoms with van der Waals surface area (Å²) in [5, 5.41) is 0. The molecule has 0 unspecified atom stereocenters. The second kappa shape index (κ2) is 5.37. The first-order valence-corrected chi connectivity index (χ1v) is 7.10. The molecule has 4 heteroatoms. The van der Waals surface area contributed by atoms with Gasteiger partial charge in [0.25, 0.3) is 0 Å². The van der Waals surface area contributed by atoms with Gasteiger partial charge in [0.1, 0.15) is 10.4 Å². The average Bonchev–Trinajstić information content (AvgIpc) is 2.69. The van der Waals surface area contributed by atoms with Gasteiger partial charge in [-0.15, -0.1) is 0 Å². The maximum Gasteiger partial charge on any atom is 0.132 e. The van der Waals surface area contributed by atoms with Crippen LogP contribution < -0.4 is 4.74 Å². The molecule has 0 amide bonds. The van der Waals surface area contributed by atoms with Crippen molar-refractivity contribution >= 4 is 15.9 Å². The fourth-order valence-corrected chi connectivity index (χ4v) is 2.87. The topological polar surface area (TPSA) is 27.1 Å². The van der Waals surface area contributed by atoms with Gasteiger partial charge < -0.3 is 9.30 Å².